The Morgan fingerprint density at radius 2 is 1.73 bits per heavy atom. The summed E-state index contributed by atoms with van der Waals surface area (Å²) < 4.78 is 0. The Balaban J connectivity index is 2.11. The Kier molecular flexibility index (Phi) is 3.53. The molecule has 0 radical (unpaired) electrons. The Morgan fingerprint density at radius 1 is 1.05 bits per heavy atom. The van der Waals surface area contributed by atoms with Gasteiger partial charge in [-0.05, 0) is 45.9 Å². The molecule has 0 aromatic heterocycles. The SMILES string of the molecule is Cc1ccc2c(c1)C(=O)N(c1ccccc1)C2NC(C)(C)C. The first-order chi connectivity index (χ1) is 10.4. The topological polar surface area (TPSA) is 32.3 Å². The van der Waals surface area contributed by atoms with Crippen LogP contribution in [0.3, 0.4) is 0 Å². The second kappa shape index (κ2) is 5.25. The molecule has 0 spiro atoms. The lowest BCUT2D eigenvalue weighted by Gasteiger charge is -2.32. The van der Waals surface area contributed by atoms with Crippen molar-refractivity contribution in [2.45, 2.75) is 39.4 Å². The summed E-state index contributed by atoms with van der Waals surface area (Å²) in [4.78, 5) is 14.8. The molecule has 0 fully saturated rings. The van der Waals surface area contributed by atoms with Crippen molar-refractivity contribution in [3.8, 4) is 0 Å². The van der Waals surface area contributed by atoms with E-state index in [1.165, 1.54) is 0 Å². The second-order valence-electron chi connectivity index (χ2n) is 6.90. The molecule has 1 aliphatic heterocycles. The van der Waals surface area contributed by atoms with Gasteiger partial charge in [-0.1, -0.05) is 35.9 Å². The Bertz CT molecular complexity index is 701. The van der Waals surface area contributed by atoms with Gasteiger partial charge in [0.25, 0.3) is 5.91 Å². The molecule has 3 rings (SSSR count). The van der Waals surface area contributed by atoms with Gasteiger partial charge in [-0.25, -0.2) is 0 Å². The molecule has 1 amide bonds. The summed E-state index contributed by atoms with van der Waals surface area (Å²) in [5.74, 6) is 0.0617. The van der Waals surface area contributed by atoms with Gasteiger partial charge in [0.2, 0.25) is 0 Å². The fourth-order valence-corrected chi connectivity index (χ4v) is 2.89. The lowest BCUT2D eigenvalue weighted by atomic mass is 10.0. The molecule has 0 bridgehead atoms. The smallest absolute Gasteiger partial charge is 0.260 e. The molecular formula is C19H22N2O. The van der Waals surface area contributed by atoms with Crippen molar-refractivity contribution in [2.75, 3.05) is 4.90 Å². The van der Waals surface area contributed by atoms with Crippen molar-refractivity contribution >= 4 is 11.6 Å². The van der Waals surface area contributed by atoms with Gasteiger partial charge in [0.15, 0.2) is 0 Å². The first-order valence-corrected chi connectivity index (χ1v) is 7.64. The van der Waals surface area contributed by atoms with E-state index in [9.17, 15) is 4.79 Å². The Morgan fingerprint density at radius 3 is 2.36 bits per heavy atom. The van der Waals surface area contributed by atoms with Gasteiger partial charge in [0, 0.05) is 22.4 Å². The number of nitrogens with one attached hydrogen (secondary N) is 1. The lowest BCUT2D eigenvalue weighted by molar-refractivity contribution is 0.0985. The van der Waals surface area contributed by atoms with Crippen molar-refractivity contribution in [1.29, 1.82) is 0 Å². The number of hydrogen-bond acceptors (Lipinski definition) is 2. The highest BCUT2D eigenvalue weighted by Gasteiger charge is 2.39. The van der Waals surface area contributed by atoms with E-state index in [0.29, 0.717) is 0 Å². The van der Waals surface area contributed by atoms with Crippen LogP contribution >= 0.6 is 0 Å². The van der Waals surface area contributed by atoms with E-state index in [2.05, 4.69) is 38.2 Å². The number of aryl methyl sites for hydroxylation is 1. The zero-order valence-electron chi connectivity index (χ0n) is 13.6. The fourth-order valence-electron chi connectivity index (χ4n) is 2.89. The lowest BCUT2D eigenvalue weighted by Crippen LogP contribution is -2.45. The van der Waals surface area contributed by atoms with Crippen LogP contribution in [-0.4, -0.2) is 11.4 Å². The Labute approximate surface area is 132 Å². The highest BCUT2D eigenvalue weighted by molar-refractivity contribution is 6.11. The van der Waals surface area contributed by atoms with Crippen LogP contribution in [0.25, 0.3) is 0 Å². The van der Waals surface area contributed by atoms with E-state index in [1.807, 2.05) is 48.2 Å². The number of nitrogens with zero attached hydrogens (tertiary/aromatic N) is 1. The zero-order chi connectivity index (χ0) is 15.9. The maximum Gasteiger partial charge on any atom is 0.260 e. The molecule has 2 aromatic rings. The number of amides is 1. The third-order valence-corrected chi connectivity index (χ3v) is 3.81. The van der Waals surface area contributed by atoms with Crippen LogP contribution in [0.1, 0.15) is 48.4 Å². The number of anilines is 1. The second-order valence-corrected chi connectivity index (χ2v) is 6.90. The predicted molar refractivity (Wildman–Crippen MR) is 90.1 cm³/mol. The van der Waals surface area contributed by atoms with Crippen molar-refractivity contribution in [2.24, 2.45) is 0 Å². The van der Waals surface area contributed by atoms with Gasteiger partial charge in [0.1, 0.15) is 6.17 Å². The van der Waals surface area contributed by atoms with Crippen molar-refractivity contribution < 1.29 is 4.79 Å². The molecular weight excluding hydrogens is 272 g/mol. The van der Waals surface area contributed by atoms with E-state index in [-0.39, 0.29) is 17.6 Å². The molecule has 22 heavy (non-hydrogen) atoms. The van der Waals surface area contributed by atoms with Gasteiger partial charge in [0.05, 0.1) is 0 Å². The number of rotatable bonds is 2. The number of para-hydroxylation sites is 1. The first-order valence-electron chi connectivity index (χ1n) is 7.64. The van der Waals surface area contributed by atoms with Crippen LogP contribution in [0.4, 0.5) is 5.69 Å². The number of hydrogen-bond donors (Lipinski definition) is 1. The molecule has 1 N–H and O–H groups in total. The summed E-state index contributed by atoms with van der Waals surface area (Å²) in [7, 11) is 0. The van der Waals surface area contributed by atoms with Gasteiger partial charge in [-0.3, -0.25) is 15.0 Å². The largest absolute Gasteiger partial charge is 0.288 e. The van der Waals surface area contributed by atoms with E-state index in [1.54, 1.807) is 0 Å². The molecule has 0 saturated carbocycles. The molecule has 0 saturated heterocycles. The molecule has 3 nitrogen and oxygen atoms in total. The molecule has 1 aliphatic rings. The van der Waals surface area contributed by atoms with Crippen LogP contribution in [0.15, 0.2) is 48.5 Å². The molecule has 0 aliphatic carbocycles. The quantitative estimate of drug-likeness (QED) is 0.906. The van der Waals surface area contributed by atoms with E-state index in [4.69, 9.17) is 0 Å². The average Bonchev–Trinajstić information content (AvgIpc) is 2.70. The maximum absolute atomic E-state index is 12.9. The third kappa shape index (κ3) is 2.64. The van der Waals surface area contributed by atoms with Gasteiger partial charge >= 0.3 is 0 Å². The third-order valence-electron chi connectivity index (χ3n) is 3.81. The summed E-state index contributed by atoms with van der Waals surface area (Å²) in [6.45, 7) is 8.37. The summed E-state index contributed by atoms with van der Waals surface area (Å²) >= 11 is 0. The van der Waals surface area contributed by atoms with Crippen molar-refractivity contribution in [1.82, 2.24) is 5.32 Å². The van der Waals surface area contributed by atoms with Gasteiger partial charge in [-0.15, -0.1) is 0 Å². The van der Waals surface area contributed by atoms with Crippen LogP contribution in [0.5, 0.6) is 0 Å². The maximum atomic E-state index is 12.9. The van der Waals surface area contributed by atoms with E-state index < -0.39 is 0 Å². The number of fused-ring (bicyclic) bond motifs is 1. The van der Waals surface area contributed by atoms with Crippen molar-refractivity contribution in [3.05, 3.63) is 65.2 Å². The van der Waals surface area contributed by atoms with Crippen molar-refractivity contribution in [3.63, 3.8) is 0 Å². The predicted octanol–water partition coefficient (Wildman–Crippen LogP) is 4.04. The molecule has 3 heteroatoms. The summed E-state index contributed by atoms with van der Waals surface area (Å²) in [5, 5.41) is 3.58. The highest BCUT2D eigenvalue weighted by Crippen LogP contribution is 2.37. The minimum atomic E-state index is -0.134. The standard InChI is InChI=1S/C19H22N2O/c1-13-10-11-15-16(12-13)18(22)21(14-8-6-5-7-9-14)17(15)20-19(2,3)4/h5-12,17,20H,1-4H3. The zero-order valence-corrected chi connectivity index (χ0v) is 13.6. The fraction of sp³-hybridized carbons (Fsp3) is 0.316. The minimum Gasteiger partial charge on any atom is -0.288 e. The number of carbonyl (C=O) groups excluding carboxylic acids is 1. The Hall–Kier alpha value is -2.13. The van der Waals surface area contributed by atoms with Gasteiger partial charge in [-0.2, -0.15) is 0 Å². The van der Waals surface area contributed by atoms with E-state index in [0.717, 1.165) is 22.4 Å². The molecule has 1 heterocycles. The van der Waals surface area contributed by atoms with Crippen LogP contribution in [-0.2, 0) is 0 Å². The normalized spacial score (nSPS) is 17.7. The number of carbonyl (C=O) groups is 1. The summed E-state index contributed by atoms with van der Waals surface area (Å²) in [5.41, 5.74) is 3.78. The molecule has 2 aromatic carbocycles. The van der Waals surface area contributed by atoms with Crippen LogP contribution in [0.2, 0.25) is 0 Å². The van der Waals surface area contributed by atoms with Gasteiger partial charge < -0.3 is 0 Å². The highest BCUT2D eigenvalue weighted by atomic mass is 16.2. The van der Waals surface area contributed by atoms with Crippen LogP contribution < -0.4 is 10.2 Å². The molecule has 1 atom stereocenters. The summed E-state index contributed by atoms with van der Waals surface area (Å²) in [6, 6.07) is 16.0. The van der Waals surface area contributed by atoms with E-state index >= 15 is 0 Å². The average molecular weight is 294 g/mol. The minimum absolute atomic E-state index is 0.0617. The monoisotopic (exact) mass is 294 g/mol. The summed E-state index contributed by atoms with van der Waals surface area (Å²) in [6.07, 6.45) is -0.134. The molecule has 1 unspecified atom stereocenters. The first kappa shape index (κ1) is 14.8. The molecule has 114 valence electrons. The number of benzene rings is 2. The van der Waals surface area contributed by atoms with Crippen LogP contribution in [0, 0.1) is 6.92 Å².